The first-order chi connectivity index (χ1) is 9.19. The third-order valence-corrected chi connectivity index (χ3v) is 4.13. The maximum absolute atomic E-state index is 11.7. The second-order valence-corrected chi connectivity index (χ2v) is 6.34. The molecule has 0 bridgehead atoms. The highest BCUT2D eigenvalue weighted by atomic mass is 79.9. The van der Waals surface area contributed by atoms with E-state index in [1.54, 1.807) is 11.3 Å². The van der Waals surface area contributed by atoms with Crippen LogP contribution in [0.1, 0.15) is 22.8 Å². The molecule has 0 aliphatic carbocycles. The Morgan fingerprint density at radius 3 is 2.89 bits per heavy atom. The van der Waals surface area contributed by atoms with Gasteiger partial charge in [-0.25, -0.2) is 0 Å². The van der Waals surface area contributed by atoms with Crippen molar-refractivity contribution in [2.45, 2.75) is 13.5 Å². The Morgan fingerprint density at radius 2 is 2.21 bits per heavy atom. The van der Waals surface area contributed by atoms with Crippen molar-refractivity contribution in [2.75, 3.05) is 11.9 Å². The molecule has 0 aliphatic rings. The predicted molar refractivity (Wildman–Crippen MR) is 83.8 cm³/mol. The summed E-state index contributed by atoms with van der Waals surface area (Å²) in [4.78, 5) is 11.7. The van der Waals surface area contributed by atoms with Crippen molar-refractivity contribution in [3.63, 3.8) is 0 Å². The zero-order valence-corrected chi connectivity index (χ0v) is 13.0. The molecule has 0 atom stereocenters. The van der Waals surface area contributed by atoms with E-state index in [0.717, 1.165) is 16.0 Å². The van der Waals surface area contributed by atoms with E-state index in [4.69, 9.17) is 0 Å². The lowest BCUT2D eigenvalue weighted by Gasteiger charge is -2.07. The Bertz CT molecular complexity index is 568. The molecule has 0 unspecified atom stereocenters. The van der Waals surface area contributed by atoms with Crippen LogP contribution >= 0.6 is 27.3 Å². The van der Waals surface area contributed by atoms with E-state index < -0.39 is 0 Å². The van der Waals surface area contributed by atoms with E-state index in [-0.39, 0.29) is 5.91 Å². The van der Waals surface area contributed by atoms with Crippen molar-refractivity contribution in [3.8, 4) is 0 Å². The summed E-state index contributed by atoms with van der Waals surface area (Å²) in [6.45, 7) is 3.30. The molecule has 1 heterocycles. The van der Waals surface area contributed by atoms with E-state index in [1.807, 2.05) is 31.2 Å². The van der Waals surface area contributed by atoms with Gasteiger partial charge in [-0.05, 0) is 58.1 Å². The Labute approximate surface area is 125 Å². The number of halogens is 1. The minimum absolute atomic E-state index is 0.0376. The number of thiophene rings is 1. The Balaban J connectivity index is 2.00. The van der Waals surface area contributed by atoms with Gasteiger partial charge in [0.05, 0.1) is 3.79 Å². The van der Waals surface area contributed by atoms with Crippen molar-refractivity contribution < 1.29 is 4.79 Å². The number of rotatable bonds is 5. The zero-order chi connectivity index (χ0) is 13.7. The first-order valence-electron chi connectivity index (χ1n) is 6.04. The van der Waals surface area contributed by atoms with Gasteiger partial charge in [0, 0.05) is 24.3 Å². The number of carbonyl (C=O) groups is 1. The fourth-order valence-electron chi connectivity index (χ4n) is 1.68. The lowest BCUT2D eigenvalue weighted by molar-refractivity contribution is 0.0956. The maximum Gasteiger partial charge on any atom is 0.251 e. The highest BCUT2D eigenvalue weighted by molar-refractivity contribution is 9.11. The van der Waals surface area contributed by atoms with Crippen molar-refractivity contribution in [1.29, 1.82) is 0 Å². The fourth-order valence-corrected chi connectivity index (χ4v) is 2.88. The van der Waals surface area contributed by atoms with E-state index in [1.165, 1.54) is 5.56 Å². The molecule has 2 aromatic rings. The molecule has 0 saturated heterocycles. The number of carbonyl (C=O) groups excluding carboxylic acids is 1. The summed E-state index contributed by atoms with van der Waals surface area (Å²) in [7, 11) is 0. The molecule has 2 rings (SSSR count). The predicted octanol–water partition coefficient (Wildman–Crippen LogP) is 3.87. The van der Waals surface area contributed by atoms with Gasteiger partial charge in [0.25, 0.3) is 5.91 Å². The van der Waals surface area contributed by atoms with Crippen LogP contribution in [0.5, 0.6) is 0 Å². The van der Waals surface area contributed by atoms with E-state index >= 15 is 0 Å². The quantitative estimate of drug-likeness (QED) is 0.868. The summed E-state index contributed by atoms with van der Waals surface area (Å²) < 4.78 is 1.13. The van der Waals surface area contributed by atoms with Crippen LogP contribution in [0, 0.1) is 0 Å². The van der Waals surface area contributed by atoms with Gasteiger partial charge in [-0.15, -0.1) is 11.3 Å². The average molecular weight is 339 g/mol. The van der Waals surface area contributed by atoms with Crippen molar-refractivity contribution in [2.24, 2.45) is 0 Å². The maximum atomic E-state index is 11.7. The summed E-state index contributed by atoms with van der Waals surface area (Å²) >= 11 is 5.11. The van der Waals surface area contributed by atoms with Gasteiger partial charge in [-0.1, -0.05) is 6.07 Å². The van der Waals surface area contributed by atoms with Gasteiger partial charge in [-0.2, -0.15) is 0 Å². The number of benzene rings is 1. The van der Waals surface area contributed by atoms with Crippen molar-refractivity contribution >= 4 is 38.9 Å². The van der Waals surface area contributed by atoms with Crippen LogP contribution in [0.2, 0.25) is 0 Å². The number of hydrogen-bond donors (Lipinski definition) is 2. The lowest BCUT2D eigenvalue weighted by atomic mass is 10.2. The molecule has 5 heteroatoms. The molecule has 1 amide bonds. The van der Waals surface area contributed by atoms with Crippen molar-refractivity contribution in [1.82, 2.24) is 5.32 Å². The molecular formula is C14H15BrN2OS. The number of anilines is 1. The van der Waals surface area contributed by atoms with Crippen LogP contribution in [0.3, 0.4) is 0 Å². The number of amides is 1. The van der Waals surface area contributed by atoms with Crippen LogP contribution in [0.15, 0.2) is 39.5 Å². The lowest BCUT2D eigenvalue weighted by Crippen LogP contribution is -2.22. The highest BCUT2D eigenvalue weighted by Gasteiger charge is 2.04. The summed E-state index contributed by atoms with van der Waals surface area (Å²) in [5, 5.41) is 8.21. The Hall–Kier alpha value is -1.33. The van der Waals surface area contributed by atoms with Gasteiger partial charge in [0.1, 0.15) is 0 Å². The van der Waals surface area contributed by atoms with Crippen LogP contribution in [-0.2, 0) is 6.54 Å². The molecular weight excluding hydrogens is 324 g/mol. The topological polar surface area (TPSA) is 41.1 Å². The summed E-state index contributed by atoms with van der Waals surface area (Å²) in [5.74, 6) is -0.0376. The van der Waals surface area contributed by atoms with Gasteiger partial charge in [0.15, 0.2) is 0 Å². The molecule has 19 heavy (non-hydrogen) atoms. The molecule has 0 saturated carbocycles. The summed E-state index contributed by atoms with van der Waals surface area (Å²) in [6, 6.07) is 9.62. The van der Waals surface area contributed by atoms with Gasteiger partial charge >= 0.3 is 0 Å². The van der Waals surface area contributed by atoms with Crippen LogP contribution < -0.4 is 10.6 Å². The first kappa shape index (κ1) is 14.1. The molecule has 0 aliphatic heterocycles. The molecule has 0 radical (unpaired) electrons. The summed E-state index contributed by atoms with van der Waals surface area (Å²) in [6.07, 6.45) is 0. The minimum atomic E-state index is -0.0376. The second kappa shape index (κ2) is 6.73. The molecule has 0 spiro atoms. The molecule has 0 fully saturated rings. The van der Waals surface area contributed by atoms with Crippen molar-refractivity contribution in [3.05, 3.63) is 50.6 Å². The van der Waals surface area contributed by atoms with E-state index in [0.29, 0.717) is 12.1 Å². The normalized spacial score (nSPS) is 10.2. The van der Waals surface area contributed by atoms with E-state index in [9.17, 15) is 4.79 Å². The van der Waals surface area contributed by atoms with Gasteiger partial charge in [0.2, 0.25) is 0 Å². The number of hydrogen-bond acceptors (Lipinski definition) is 3. The monoisotopic (exact) mass is 338 g/mol. The SMILES string of the molecule is CCNC(=O)c1cccc(NCc2csc(Br)c2)c1. The molecule has 2 N–H and O–H groups in total. The third kappa shape index (κ3) is 4.08. The molecule has 1 aromatic carbocycles. The standard InChI is InChI=1S/C14H15BrN2OS/c1-2-16-14(18)11-4-3-5-12(7-11)17-8-10-6-13(15)19-9-10/h3-7,9,17H,2,8H2,1H3,(H,16,18). The zero-order valence-electron chi connectivity index (χ0n) is 10.6. The van der Waals surface area contributed by atoms with Crippen LogP contribution in [0.25, 0.3) is 0 Å². The second-order valence-electron chi connectivity index (χ2n) is 4.05. The first-order valence-corrected chi connectivity index (χ1v) is 7.71. The Kier molecular flexibility index (Phi) is 4.99. The molecule has 100 valence electrons. The largest absolute Gasteiger partial charge is 0.381 e. The highest BCUT2D eigenvalue weighted by Crippen LogP contribution is 2.21. The third-order valence-electron chi connectivity index (χ3n) is 2.58. The average Bonchev–Trinajstić information content (AvgIpc) is 2.83. The smallest absolute Gasteiger partial charge is 0.251 e. The molecule has 3 nitrogen and oxygen atoms in total. The van der Waals surface area contributed by atoms with Crippen LogP contribution in [-0.4, -0.2) is 12.5 Å². The Morgan fingerprint density at radius 1 is 1.37 bits per heavy atom. The van der Waals surface area contributed by atoms with Gasteiger partial charge < -0.3 is 10.6 Å². The van der Waals surface area contributed by atoms with E-state index in [2.05, 4.69) is 38.0 Å². The van der Waals surface area contributed by atoms with Crippen LogP contribution in [0.4, 0.5) is 5.69 Å². The van der Waals surface area contributed by atoms with Gasteiger partial charge in [-0.3, -0.25) is 4.79 Å². The number of nitrogens with one attached hydrogen (secondary N) is 2. The fraction of sp³-hybridized carbons (Fsp3) is 0.214. The summed E-state index contributed by atoms with van der Waals surface area (Å²) in [5.41, 5.74) is 2.85. The molecule has 1 aromatic heterocycles. The minimum Gasteiger partial charge on any atom is -0.381 e.